The van der Waals surface area contributed by atoms with Gasteiger partial charge in [-0.3, -0.25) is 4.79 Å². The van der Waals surface area contributed by atoms with E-state index >= 15 is 0 Å². The summed E-state index contributed by atoms with van der Waals surface area (Å²) >= 11 is 0. The van der Waals surface area contributed by atoms with Gasteiger partial charge in [0.15, 0.2) is 0 Å². The van der Waals surface area contributed by atoms with Gasteiger partial charge in [0.1, 0.15) is 6.07 Å². The lowest BCUT2D eigenvalue weighted by Crippen LogP contribution is -2.23. The number of carbonyl (C=O) groups excluding carboxylic acids is 1. The van der Waals surface area contributed by atoms with Crippen molar-refractivity contribution in [1.29, 1.82) is 5.26 Å². The summed E-state index contributed by atoms with van der Waals surface area (Å²) in [4.78, 5) is 13.6. The molecule has 2 aromatic rings. The average Bonchev–Trinajstić information content (AvgIpc) is 3.04. The summed E-state index contributed by atoms with van der Waals surface area (Å²) in [7, 11) is 0. The summed E-state index contributed by atoms with van der Waals surface area (Å²) in [5.74, 6) is 0.155. The van der Waals surface area contributed by atoms with Crippen LogP contribution in [0.1, 0.15) is 35.1 Å². The van der Waals surface area contributed by atoms with Gasteiger partial charge in [0.2, 0.25) is 5.91 Å². The molecule has 0 atom stereocenters. The fourth-order valence-electron chi connectivity index (χ4n) is 3.09. The molecule has 1 fully saturated rings. The van der Waals surface area contributed by atoms with Crippen LogP contribution in [0.5, 0.6) is 0 Å². The normalized spacial score (nSPS) is 14.3. The Morgan fingerprint density at radius 1 is 1.15 bits per heavy atom. The number of halogens is 3. The lowest BCUT2D eigenvalue weighted by atomic mass is 10.1. The first-order valence-corrected chi connectivity index (χ1v) is 8.57. The molecular formula is C20H18F3N3O. The van der Waals surface area contributed by atoms with E-state index in [0.29, 0.717) is 25.2 Å². The molecule has 1 amide bonds. The van der Waals surface area contributed by atoms with Gasteiger partial charge >= 0.3 is 6.18 Å². The standard InChI is InChI=1S/C20H18F3N3O/c21-20(22,23)17-6-7-18(16(10-17)11-24)25-12-14-3-1-4-15(9-14)13-26-8-2-5-19(26)27/h1,3-4,6-7,9-10,25H,2,5,8,12-13H2. The average molecular weight is 373 g/mol. The highest BCUT2D eigenvalue weighted by molar-refractivity contribution is 5.78. The molecule has 1 aliphatic rings. The fraction of sp³-hybridized carbons (Fsp3) is 0.300. The van der Waals surface area contributed by atoms with E-state index in [9.17, 15) is 18.0 Å². The first kappa shape index (κ1) is 18.8. The number of hydrogen-bond acceptors (Lipinski definition) is 3. The summed E-state index contributed by atoms with van der Waals surface area (Å²) in [6, 6.07) is 12.5. The molecule has 1 N–H and O–H groups in total. The second-order valence-corrected chi connectivity index (χ2v) is 6.46. The monoisotopic (exact) mass is 373 g/mol. The Bertz CT molecular complexity index is 887. The maximum atomic E-state index is 12.8. The summed E-state index contributed by atoms with van der Waals surface area (Å²) in [5, 5.41) is 12.2. The number of carbonyl (C=O) groups is 1. The van der Waals surface area contributed by atoms with Crippen molar-refractivity contribution < 1.29 is 18.0 Å². The zero-order valence-electron chi connectivity index (χ0n) is 14.5. The number of benzene rings is 2. The third-order valence-corrected chi connectivity index (χ3v) is 4.49. The Morgan fingerprint density at radius 2 is 1.93 bits per heavy atom. The van der Waals surface area contributed by atoms with E-state index < -0.39 is 11.7 Å². The summed E-state index contributed by atoms with van der Waals surface area (Å²) < 4.78 is 38.3. The highest BCUT2D eigenvalue weighted by Crippen LogP contribution is 2.31. The van der Waals surface area contributed by atoms with Crippen molar-refractivity contribution >= 4 is 11.6 Å². The van der Waals surface area contributed by atoms with Gasteiger partial charge in [-0.2, -0.15) is 18.4 Å². The fourth-order valence-corrected chi connectivity index (χ4v) is 3.09. The van der Waals surface area contributed by atoms with Crippen LogP contribution in [0.4, 0.5) is 18.9 Å². The lowest BCUT2D eigenvalue weighted by molar-refractivity contribution is -0.137. The zero-order valence-corrected chi connectivity index (χ0v) is 14.5. The first-order valence-electron chi connectivity index (χ1n) is 8.57. The summed E-state index contributed by atoms with van der Waals surface area (Å²) in [6.45, 7) is 1.68. The molecule has 1 saturated heterocycles. The van der Waals surface area contributed by atoms with E-state index in [-0.39, 0.29) is 11.5 Å². The van der Waals surface area contributed by atoms with Crippen molar-refractivity contribution in [3.05, 3.63) is 64.7 Å². The Morgan fingerprint density at radius 3 is 2.59 bits per heavy atom. The molecular weight excluding hydrogens is 355 g/mol. The Hall–Kier alpha value is -3.01. The lowest BCUT2D eigenvalue weighted by Gasteiger charge is -2.16. The molecule has 27 heavy (non-hydrogen) atoms. The minimum absolute atomic E-state index is 0.0522. The SMILES string of the molecule is N#Cc1cc(C(F)(F)F)ccc1NCc1cccc(CN2CCCC2=O)c1. The molecule has 0 unspecified atom stereocenters. The van der Waals surface area contributed by atoms with E-state index in [4.69, 9.17) is 5.26 Å². The Labute approximate surface area is 155 Å². The zero-order chi connectivity index (χ0) is 19.4. The first-order chi connectivity index (χ1) is 12.9. The van der Waals surface area contributed by atoms with E-state index in [2.05, 4.69) is 5.32 Å². The van der Waals surface area contributed by atoms with Crippen molar-refractivity contribution in [3.63, 3.8) is 0 Å². The van der Waals surface area contributed by atoms with Crippen LogP contribution in [-0.2, 0) is 24.1 Å². The highest BCUT2D eigenvalue weighted by atomic mass is 19.4. The molecule has 1 heterocycles. The molecule has 1 aliphatic heterocycles. The van der Waals surface area contributed by atoms with Crippen LogP contribution in [0, 0.1) is 11.3 Å². The number of nitriles is 1. The van der Waals surface area contributed by atoms with Crippen LogP contribution in [0.2, 0.25) is 0 Å². The number of anilines is 1. The van der Waals surface area contributed by atoms with Gasteiger partial charge in [-0.05, 0) is 35.7 Å². The van der Waals surface area contributed by atoms with Crippen molar-refractivity contribution in [1.82, 2.24) is 4.90 Å². The second-order valence-electron chi connectivity index (χ2n) is 6.46. The Kier molecular flexibility index (Phi) is 5.36. The minimum atomic E-state index is -4.48. The molecule has 0 radical (unpaired) electrons. The molecule has 140 valence electrons. The van der Waals surface area contributed by atoms with Crippen LogP contribution in [0.15, 0.2) is 42.5 Å². The Balaban J connectivity index is 1.69. The van der Waals surface area contributed by atoms with Crippen LogP contribution in [-0.4, -0.2) is 17.4 Å². The topological polar surface area (TPSA) is 56.1 Å². The number of nitrogens with one attached hydrogen (secondary N) is 1. The predicted octanol–water partition coefficient (Wildman–Crippen LogP) is 4.31. The van der Waals surface area contributed by atoms with Gasteiger partial charge in [0.05, 0.1) is 16.8 Å². The summed E-state index contributed by atoms with van der Waals surface area (Å²) in [5.41, 5.74) is 1.37. The van der Waals surface area contributed by atoms with Crippen molar-refractivity contribution in [3.8, 4) is 6.07 Å². The number of hydrogen-bond donors (Lipinski definition) is 1. The molecule has 7 heteroatoms. The molecule has 2 aromatic carbocycles. The van der Waals surface area contributed by atoms with E-state index in [0.717, 1.165) is 36.2 Å². The molecule has 3 rings (SSSR count). The number of nitrogens with zero attached hydrogens (tertiary/aromatic N) is 2. The van der Waals surface area contributed by atoms with E-state index in [1.54, 1.807) is 6.07 Å². The van der Waals surface area contributed by atoms with Crippen molar-refractivity contribution in [2.45, 2.75) is 32.1 Å². The largest absolute Gasteiger partial charge is 0.416 e. The summed E-state index contributed by atoms with van der Waals surface area (Å²) in [6.07, 6.45) is -3.01. The van der Waals surface area contributed by atoms with E-state index in [1.807, 2.05) is 29.2 Å². The third-order valence-electron chi connectivity index (χ3n) is 4.49. The molecule has 4 nitrogen and oxygen atoms in total. The highest BCUT2D eigenvalue weighted by Gasteiger charge is 2.31. The predicted molar refractivity (Wildman–Crippen MR) is 94.6 cm³/mol. The molecule has 0 bridgehead atoms. The smallest absolute Gasteiger partial charge is 0.380 e. The molecule has 0 saturated carbocycles. The quantitative estimate of drug-likeness (QED) is 0.850. The van der Waals surface area contributed by atoms with Crippen LogP contribution in [0.3, 0.4) is 0 Å². The molecule has 0 spiro atoms. The maximum absolute atomic E-state index is 12.8. The number of rotatable bonds is 5. The van der Waals surface area contributed by atoms with Crippen molar-refractivity contribution in [2.75, 3.05) is 11.9 Å². The second kappa shape index (κ2) is 7.70. The van der Waals surface area contributed by atoms with Crippen molar-refractivity contribution in [2.24, 2.45) is 0 Å². The number of amides is 1. The van der Waals surface area contributed by atoms with Gasteiger partial charge in [0, 0.05) is 26.1 Å². The molecule has 0 aromatic heterocycles. The maximum Gasteiger partial charge on any atom is 0.416 e. The van der Waals surface area contributed by atoms with Gasteiger partial charge in [0.25, 0.3) is 0 Å². The third kappa shape index (κ3) is 4.59. The van der Waals surface area contributed by atoms with Gasteiger partial charge < -0.3 is 10.2 Å². The van der Waals surface area contributed by atoms with Crippen LogP contribution >= 0.6 is 0 Å². The minimum Gasteiger partial charge on any atom is -0.380 e. The molecule has 0 aliphatic carbocycles. The van der Waals surface area contributed by atoms with Gasteiger partial charge in [-0.1, -0.05) is 24.3 Å². The number of likely N-dealkylation sites (tertiary alicyclic amines) is 1. The van der Waals surface area contributed by atoms with Crippen LogP contribution < -0.4 is 5.32 Å². The van der Waals surface area contributed by atoms with Gasteiger partial charge in [-0.15, -0.1) is 0 Å². The number of alkyl halides is 3. The van der Waals surface area contributed by atoms with Crippen LogP contribution in [0.25, 0.3) is 0 Å². The van der Waals surface area contributed by atoms with E-state index in [1.165, 1.54) is 6.07 Å². The van der Waals surface area contributed by atoms with Gasteiger partial charge in [-0.25, -0.2) is 0 Å².